The number of carbonyl (C=O) groups excluding carboxylic acids is 1. The summed E-state index contributed by atoms with van der Waals surface area (Å²) in [7, 11) is 3.31. The zero-order valence-corrected chi connectivity index (χ0v) is 18.1. The first-order valence-electron chi connectivity index (χ1n) is 10.4. The van der Waals surface area contributed by atoms with Crippen LogP contribution in [-0.2, 0) is 20.8 Å². The van der Waals surface area contributed by atoms with Gasteiger partial charge in [0.1, 0.15) is 5.75 Å². The average molecular weight is 414 g/mol. The Morgan fingerprint density at radius 2 is 1.90 bits per heavy atom. The van der Waals surface area contributed by atoms with E-state index in [0.717, 1.165) is 36.3 Å². The van der Waals surface area contributed by atoms with Crippen LogP contribution in [0.1, 0.15) is 31.7 Å². The van der Waals surface area contributed by atoms with E-state index >= 15 is 0 Å². The standard InChI is InChI=1S/C23H31N3O4/c1-4-30-22(27)23(11-13-28-2)10-5-12-26(17-23)16-18-14-24-21(25-15-18)19-6-8-20(29-3)9-7-19/h6-9,14-15H,4-5,10-13,16-17H2,1-3H3. The summed E-state index contributed by atoms with van der Waals surface area (Å²) >= 11 is 0. The molecular formula is C23H31N3O4. The Hall–Kier alpha value is -2.51. The summed E-state index contributed by atoms with van der Waals surface area (Å²) in [6, 6.07) is 7.69. The molecule has 0 spiro atoms. The fraction of sp³-hybridized carbons (Fsp3) is 0.522. The van der Waals surface area contributed by atoms with Crippen LogP contribution in [0.2, 0.25) is 0 Å². The Bertz CT molecular complexity index is 810. The number of piperidine rings is 1. The maximum absolute atomic E-state index is 12.7. The molecule has 2 aromatic rings. The Balaban J connectivity index is 1.68. The molecule has 2 heterocycles. The van der Waals surface area contributed by atoms with Gasteiger partial charge in [-0.3, -0.25) is 9.69 Å². The molecule has 0 amide bonds. The predicted octanol–water partition coefficient (Wildman–Crippen LogP) is 3.33. The summed E-state index contributed by atoms with van der Waals surface area (Å²) in [5, 5.41) is 0. The third-order valence-electron chi connectivity index (χ3n) is 5.61. The highest BCUT2D eigenvalue weighted by atomic mass is 16.5. The van der Waals surface area contributed by atoms with E-state index in [1.807, 2.05) is 43.6 Å². The molecule has 1 aliphatic heterocycles. The Morgan fingerprint density at radius 1 is 1.17 bits per heavy atom. The normalized spacial score (nSPS) is 19.4. The number of nitrogens with zero attached hydrogens (tertiary/aromatic N) is 3. The van der Waals surface area contributed by atoms with Gasteiger partial charge in [0.2, 0.25) is 0 Å². The van der Waals surface area contributed by atoms with Crippen LogP contribution in [0.3, 0.4) is 0 Å². The second-order valence-electron chi connectivity index (χ2n) is 7.70. The highest BCUT2D eigenvalue weighted by Gasteiger charge is 2.43. The van der Waals surface area contributed by atoms with Crippen molar-refractivity contribution in [2.75, 3.05) is 40.5 Å². The molecular weight excluding hydrogens is 382 g/mol. The molecule has 7 nitrogen and oxygen atoms in total. The highest BCUT2D eigenvalue weighted by molar-refractivity contribution is 5.77. The van der Waals surface area contributed by atoms with Crippen LogP contribution in [0.15, 0.2) is 36.7 Å². The maximum Gasteiger partial charge on any atom is 0.313 e. The van der Waals surface area contributed by atoms with Crippen molar-refractivity contribution in [2.24, 2.45) is 5.41 Å². The van der Waals surface area contributed by atoms with Gasteiger partial charge in [-0.15, -0.1) is 0 Å². The van der Waals surface area contributed by atoms with Crippen molar-refractivity contribution in [3.8, 4) is 17.1 Å². The summed E-state index contributed by atoms with van der Waals surface area (Å²) in [6.45, 7) is 5.10. The van der Waals surface area contributed by atoms with Crippen LogP contribution >= 0.6 is 0 Å². The first kappa shape index (κ1) is 22.2. The second-order valence-corrected chi connectivity index (χ2v) is 7.70. The molecule has 1 aliphatic rings. The van der Waals surface area contributed by atoms with Crippen LogP contribution in [0.4, 0.5) is 0 Å². The van der Waals surface area contributed by atoms with Gasteiger partial charge in [0.25, 0.3) is 0 Å². The largest absolute Gasteiger partial charge is 0.497 e. The molecule has 1 aromatic carbocycles. The van der Waals surface area contributed by atoms with E-state index in [4.69, 9.17) is 14.2 Å². The van der Waals surface area contributed by atoms with Gasteiger partial charge in [-0.1, -0.05) is 0 Å². The Morgan fingerprint density at radius 3 is 2.53 bits per heavy atom. The SMILES string of the molecule is CCOC(=O)C1(CCOC)CCCN(Cc2cnc(-c3ccc(OC)cc3)nc2)C1. The predicted molar refractivity (Wildman–Crippen MR) is 114 cm³/mol. The number of carbonyl (C=O) groups is 1. The lowest BCUT2D eigenvalue weighted by molar-refractivity contribution is -0.160. The van der Waals surface area contributed by atoms with Crippen molar-refractivity contribution in [3.63, 3.8) is 0 Å². The third kappa shape index (κ3) is 5.34. The quantitative estimate of drug-likeness (QED) is 0.584. The van der Waals surface area contributed by atoms with Crippen LogP contribution in [0.25, 0.3) is 11.4 Å². The molecule has 0 saturated carbocycles. The molecule has 162 valence electrons. The lowest BCUT2D eigenvalue weighted by Gasteiger charge is -2.41. The van der Waals surface area contributed by atoms with Gasteiger partial charge in [0.15, 0.2) is 5.82 Å². The lowest BCUT2D eigenvalue weighted by Crippen LogP contribution is -2.48. The number of ether oxygens (including phenoxy) is 3. The minimum atomic E-state index is -0.506. The van der Waals surface area contributed by atoms with E-state index in [2.05, 4.69) is 14.9 Å². The van der Waals surface area contributed by atoms with Crippen molar-refractivity contribution in [3.05, 3.63) is 42.2 Å². The Kier molecular flexibility index (Phi) is 7.76. The van der Waals surface area contributed by atoms with E-state index in [1.54, 1.807) is 14.2 Å². The van der Waals surface area contributed by atoms with Gasteiger partial charge in [0.05, 0.1) is 19.1 Å². The second kappa shape index (κ2) is 10.5. The summed E-state index contributed by atoms with van der Waals surface area (Å²) < 4.78 is 15.9. The zero-order chi connectivity index (χ0) is 21.4. The monoisotopic (exact) mass is 413 g/mol. The average Bonchev–Trinajstić information content (AvgIpc) is 2.79. The van der Waals surface area contributed by atoms with E-state index in [1.165, 1.54) is 0 Å². The summed E-state index contributed by atoms with van der Waals surface area (Å²) in [5.74, 6) is 1.37. The highest BCUT2D eigenvalue weighted by Crippen LogP contribution is 2.35. The topological polar surface area (TPSA) is 73.8 Å². The van der Waals surface area contributed by atoms with Crippen molar-refractivity contribution >= 4 is 5.97 Å². The molecule has 7 heteroatoms. The molecule has 0 aliphatic carbocycles. The number of esters is 1. The summed E-state index contributed by atoms with van der Waals surface area (Å²) in [4.78, 5) is 24.1. The number of methoxy groups -OCH3 is 2. The van der Waals surface area contributed by atoms with Gasteiger partial charge in [-0.05, 0) is 57.0 Å². The van der Waals surface area contributed by atoms with Gasteiger partial charge < -0.3 is 14.2 Å². The summed E-state index contributed by atoms with van der Waals surface area (Å²) in [5.41, 5.74) is 1.47. The molecule has 30 heavy (non-hydrogen) atoms. The van der Waals surface area contributed by atoms with Crippen LogP contribution < -0.4 is 4.74 Å². The van der Waals surface area contributed by atoms with Crippen molar-refractivity contribution in [1.82, 2.24) is 14.9 Å². The van der Waals surface area contributed by atoms with E-state index in [-0.39, 0.29) is 5.97 Å². The number of aromatic nitrogens is 2. The van der Waals surface area contributed by atoms with E-state index in [9.17, 15) is 4.79 Å². The molecule has 0 bridgehead atoms. The lowest BCUT2D eigenvalue weighted by atomic mass is 9.77. The molecule has 0 radical (unpaired) electrons. The van der Waals surface area contributed by atoms with Crippen LogP contribution in [0.5, 0.6) is 5.75 Å². The fourth-order valence-electron chi connectivity index (χ4n) is 4.00. The first-order chi connectivity index (χ1) is 14.6. The maximum atomic E-state index is 12.7. The summed E-state index contributed by atoms with van der Waals surface area (Å²) in [6.07, 6.45) is 6.18. The van der Waals surface area contributed by atoms with E-state index < -0.39 is 5.41 Å². The number of likely N-dealkylation sites (tertiary alicyclic amines) is 1. The molecule has 1 saturated heterocycles. The number of benzene rings is 1. The minimum absolute atomic E-state index is 0.113. The molecule has 1 atom stereocenters. The van der Waals surface area contributed by atoms with E-state index in [0.29, 0.717) is 38.5 Å². The fourth-order valence-corrected chi connectivity index (χ4v) is 4.00. The number of hydrogen-bond acceptors (Lipinski definition) is 7. The van der Waals surface area contributed by atoms with Crippen molar-refractivity contribution in [1.29, 1.82) is 0 Å². The molecule has 0 N–H and O–H groups in total. The van der Waals surface area contributed by atoms with Gasteiger partial charge in [-0.25, -0.2) is 9.97 Å². The molecule has 1 fully saturated rings. The number of hydrogen-bond donors (Lipinski definition) is 0. The van der Waals surface area contributed by atoms with Gasteiger partial charge in [0, 0.05) is 50.3 Å². The van der Waals surface area contributed by atoms with Gasteiger partial charge >= 0.3 is 5.97 Å². The minimum Gasteiger partial charge on any atom is -0.497 e. The van der Waals surface area contributed by atoms with Crippen LogP contribution in [0, 0.1) is 5.41 Å². The van der Waals surface area contributed by atoms with Crippen molar-refractivity contribution < 1.29 is 19.0 Å². The zero-order valence-electron chi connectivity index (χ0n) is 18.1. The van der Waals surface area contributed by atoms with Crippen molar-refractivity contribution in [2.45, 2.75) is 32.7 Å². The van der Waals surface area contributed by atoms with Crippen LogP contribution in [-0.4, -0.2) is 61.4 Å². The smallest absolute Gasteiger partial charge is 0.313 e. The molecule has 3 rings (SSSR count). The number of rotatable bonds is 9. The first-order valence-corrected chi connectivity index (χ1v) is 10.4. The Labute approximate surface area is 178 Å². The third-order valence-corrected chi connectivity index (χ3v) is 5.61. The van der Waals surface area contributed by atoms with Gasteiger partial charge in [-0.2, -0.15) is 0 Å². The molecule has 1 aromatic heterocycles. The molecule has 1 unspecified atom stereocenters.